The number of carbonyl (C=O) groups excluding carboxylic acids is 1. The van der Waals surface area contributed by atoms with Crippen molar-refractivity contribution >= 4 is 17.6 Å². The largest absolute Gasteiger partial charge is 0.504 e. The molecule has 1 saturated heterocycles. The molecular formula is C32H37NO14. The van der Waals surface area contributed by atoms with E-state index in [1.165, 1.54) is 26.4 Å². The van der Waals surface area contributed by atoms with Crippen LogP contribution in [0.15, 0.2) is 48.5 Å². The van der Waals surface area contributed by atoms with Gasteiger partial charge in [-0.15, -0.1) is 0 Å². The highest BCUT2D eigenvalue weighted by Crippen LogP contribution is 2.46. The molecule has 0 aliphatic carbocycles. The summed E-state index contributed by atoms with van der Waals surface area (Å²) in [6, 6.07) is 12.8. The second-order valence-corrected chi connectivity index (χ2v) is 10.4. The van der Waals surface area contributed by atoms with E-state index in [-0.39, 0.29) is 35.1 Å². The molecule has 5 atom stereocenters. The van der Waals surface area contributed by atoms with Crippen LogP contribution in [-0.2, 0) is 15.9 Å². The zero-order chi connectivity index (χ0) is 34.2. The number of hydrogen-bond acceptors (Lipinski definition) is 14. The number of anilines is 1. The van der Waals surface area contributed by atoms with E-state index in [2.05, 4.69) is 5.32 Å². The predicted octanol–water partition coefficient (Wildman–Crippen LogP) is 1.91. The maximum Gasteiger partial charge on any atom is 0.342 e. The number of phenols is 2. The van der Waals surface area contributed by atoms with E-state index in [1.807, 2.05) is 30.3 Å². The summed E-state index contributed by atoms with van der Waals surface area (Å²) in [6.45, 7) is 1.48. The summed E-state index contributed by atoms with van der Waals surface area (Å²) in [4.78, 5) is 24.8. The molecule has 3 aromatic carbocycles. The highest BCUT2D eigenvalue weighted by Gasteiger charge is 2.46. The lowest BCUT2D eigenvalue weighted by molar-refractivity contribution is -0.277. The van der Waals surface area contributed by atoms with Gasteiger partial charge in [0.1, 0.15) is 36.6 Å². The third kappa shape index (κ3) is 7.89. The van der Waals surface area contributed by atoms with Crippen LogP contribution >= 0.6 is 0 Å². The number of phenolic OH excluding ortho intramolecular Hbond substituents is 2. The van der Waals surface area contributed by atoms with Crippen molar-refractivity contribution in [3.8, 4) is 34.5 Å². The molecule has 1 aliphatic rings. The van der Waals surface area contributed by atoms with Crippen molar-refractivity contribution in [3.05, 3.63) is 65.2 Å². The normalized spacial score (nSPS) is 20.6. The Kier molecular flexibility index (Phi) is 11.6. The number of carboxylic acid groups (broad SMARTS) is 1. The van der Waals surface area contributed by atoms with Gasteiger partial charge in [-0.1, -0.05) is 30.3 Å². The van der Waals surface area contributed by atoms with Gasteiger partial charge >= 0.3 is 11.9 Å². The van der Waals surface area contributed by atoms with Crippen LogP contribution in [0.4, 0.5) is 5.69 Å². The van der Waals surface area contributed by atoms with Crippen molar-refractivity contribution < 1.29 is 68.6 Å². The summed E-state index contributed by atoms with van der Waals surface area (Å²) in [7, 11) is 2.51. The van der Waals surface area contributed by atoms with E-state index in [4.69, 9.17) is 28.4 Å². The third-order valence-electron chi connectivity index (χ3n) is 7.31. The molecule has 0 bridgehead atoms. The van der Waals surface area contributed by atoms with Crippen molar-refractivity contribution in [2.75, 3.05) is 39.3 Å². The first kappa shape index (κ1) is 34.9. The van der Waals surface area contributed by atoms with Gasteiger partial charge in [0.2, 0.25) is 17.8 Å². The summed E-state index contributed by atoms with van der Waals surface area (Å²) in [5, 5.41) is 65.6. The number of aliphatic hydroxyl groups excluding tert-OH is 3. The van der Waals surface area contributed by atoms with Crippen LogP contribution in [0.1, 0.15) is 33.2 Å². The van der Waals surface area contributed by atoms with Crippen LogP contribution < -0.4 is 24.3 Å². The van der Waals surface area contributed by atoms with Crippen LogP contribution in [0.25, 0.3) is 0 Å². The molecule has 1 fully saturated rings. The molecule has 3 aromatic rings. The molecular weight excluding hydrogens is 622 g/mol. The standard InChI is InChI=1S/C32H37NO14/c1-4-33-19-14-21(20(42-2)12-17(19)30(39)40)46-32-28(38)27(37)25(35)23(47-32)15-45-31(41)18-13-22(43-3)26(36)29(24(18)34)44-11-10-16-8-6-5-7-9-16/h5-9,12-14,23,25,27-28,32-38H,4,10-11,15H2,1-3H3,(H,39,40)/t23-,25-,27+,28-,32+/m1/s1. The lowest BCUT2D eigenvalue weighted by atomic mass is 9.99. The molecule has 1 aliphatic heterocycles. The molecule has 0 saturated carbocycles. The molecule has 7 N–H and O–H groups in total. The number of esters is 1. The topological polar surface area (TPSA) is 223 Å². The fourth-order valence-electron chi connectivity index (χ4n) is 4.82. The Hall–Kier alpha value is -4.96. The number of rotatable bonds is 14. The maximum absolute atomic E-state index is 13.1. The van der Waals surface area contributed by atoms with Gasteiger partial charge in [-0.3, -0.25) is 0 Å². The van der Waals surface area contributed by atoms with E-state index >= 15 is 0 Å². The van der Waals surface area contributed by atoms with E-state index < -0.39 is 72.1 Å². The lowest BCUT2D eigenvalue weighted by Crippen LogP contribution is -2.60. The quantitative estimate of drug-likeness (QED) is 0.123. The number of aromatic carboxylic acids is 1. The summed E-state index contributed by atoms with van der Waals surface area (Å²) in [6.07, 6.45) is -8.00. The van der Waals surface area contributed by atoms with Gasteiger partial charge in [0.15, 0.2) is 23.0 Å². The molecule has 0 unspecified atom stereocenters. The third-order valence-corrected chi connectivity index (χ3v) is 7.31. The number of nitrogens with one attached hydrogen (secondary N) is 1. The first-order valence-electron chi connectivity index (χ1n) is 14.5. The Morgan fingerprint density at radius 2 is 1.55 bits per heavy atom. The number of aliphatic hydroxyl groups is 3. The average Bonchev–Trinajstić information content (AvgIpc) is 3.06. The number of methoxy groups -OCH3 is 2. The van der Waals surface area contributed by atoms with Gasteiger partial charge in [0.05, 0.1) is 32.1 Å². The van der Waals surface area contributed by atoms with Gasteiger partial charge in [-0.05, 0) is 12.5 Å². The van der Waals surface area contributed by atoms with E-state index in [9.17, 15) is 40.2 Å². The molecule has 15 heteroatoms. The SMILES string of the molecule is CCNc1cc(O[C@H]2O[C@H](COC(=O)c3cc(OC)c(O)c(OCCc4ccccc4)c3O)[C@@H](O)[C@H](O)[C@H]2O)c(OC)cc1C(=O)O. The first-order chi connectivity index (χ1) is 22.5. The number of benzene rings is 3. The minimum atomic E-state index is -1.82. The fourth-order valence-corrected chi connectivity index (χ4v) is 4.82. The minimum absolute atomic E-state index is 0.0259. The van der Waals surface area contributed by atoms with Gasteiger partial charge in [0, 0.05) is 31.2 Å². The first-order valence-corrected chi connectivity index (χ1v) is 14.5. The highest BCUT2D eigenvalue weighted by atomic mass is 16.7. The summed E-state index contributed by atoms with van der Waals surface area (Å²) in [5.74, 6) is -4.30. The van der Waals surface area contributed by atoms with Gasteiger partial charge in [0.25, 0.3) is 0 Å². The molecule has 0 spiro atoms. The molecule has 254 valence electrons. The smallest absolute Gasteiger partial charge is 0.342 e. The Morgan fingerprint density at radius 3 is 2.19 bits per heavy atom. The van der Waals surface area contributed by atoms with E-state index in [0.717, 1.165) is 11.6 Å². The second-order valence-electron chi connectivity index (χ2n) is 10.4. The van der Waals surface area contributed by atoms with Crippen LogP contribution in [0.5, 0.6) is 34.5 Å². The number of hydrogen-bond donors (Lipinski definition) is 7. The van der Waals surface area contributed by atoms with Gasteiger partial charge in [-0.2, -0.15) is 0 Å². The van der Waals surface area contributed by atoms with Crippen molar-refractivity contribution in [1.29, 1.82) is 0 Å². The number of carboxylic acids is 1. The molecule has 0 radical (unpaired) electrons. The second kappa shape index (κ2) is 15.6. The van der Waals surface area contributed by atoms with Crippen LogP contribution in [0.3, 0.4) is 0 Å². The maximum atomic E-state index is 13.1. The summed E-state index contributed by atoms with van der Waals surface area (Å²) >= 11 is 0. The van der Waals surface area contributed by atoms with Crippen molar-refractivity contribution in [2.45, 2.75) is 44.1 Å². The number of carbonyl (C=O) groups is 2. The van der Waals surface area contributed by atoms with Crippen molar-refractivity contribution in [3.63, 3.8) is 0 Å². The van der Waals surface area contributed by atoms with E-state index in [0.29, 0.717) is 13.0 Å². The van der Waals surface area contributed by atoms with Crippen LogP contribution in [-0.4, -0.2) is 107 Å². The van der Waals surface area contributed by atoms with Gasteiger partial charge < -0.3 is 64.4 Å². The predicted molar refractivity (Wildman–Crippen MR) is 164 cm³/mol. The van der Waals surface area contributed by atoms with Crippen molar-refractivity contribution in [1.82, 2.24) is 0 Å². The molecule has 4 rings (SSSR count). The Morgan fingerprint density at radius 1 is 0.872 bits per heavy atom. The summed E-state index contributed by atoms with van der Waals surface area (Å²) < 4.78 is 32.7. The van der Waals surface area contributed by atoms with Crippen LogP contribution in [0, 0.1) is 0 Å². The zero-order valence-corrected chi connectivity index (χ0v) is 25.8. The fraction of sp³-hybridized carbons (Fsp3) is 0.375. The monoisotopic (exact) mass is 659 g/mol. The zero-order valence-electron chi connectivity index (χ0n) is 25.8. The minimum Gasteiger partial charge on any atom is -0.504 e. The lowest BCUT2D eigenvalue weighted by Gasteiger charge is -2.40. The molecule has 0 amide bonds. The molecule has 15 nitrogen and oxygen atoms in total. The number of ether oxygens (including phenoxy) is 6. The van der Waals surface area contributed by atoms with Crippen LogP contribution in [0.2, 0.25) is 0 Å². The van der Waals surface area contributed by atoms with E-state index in [1.54, 1.807) is 6.92 Å². The average molecular weight is 660 g/mol. The van der Waals surface area contributed by atoms with Gasteiger partial charge in [-0.25, -0.2) is 9.59 Å². The number of aromatic hydroxyl groups is 2. The van der Waals surface area contributed by atoms with Crippen molar-refractivity contribution in [2.24, 2.45) is 0 Å². The molecule has 1 heterocycles. The molecule has 47 heavy (non-hydrogen) atoms. The Labute approximate surface area is 269 Å². The molecule has 0 aromatic heterocycles. The highest BCUT2D eigenvalue weighted by molar-refractivity contribution is 5.96. The Bertz CT molecular complexity index is 1550. The Balaban J connectivity index is 1.50. The summed E-state index contributed by atoms with van der Waals surface area (Å²) in [5.41, 5.74) is 0.565.